The molecule has 0 radical (unpaired) electrons. The third-order valence-corrected chi connectivity index (χ3v) is 3.30. The molecule has 0 saturated heterocycles. The number of aryl methyl sites for hydroxylation is 1. The van der Waals surface area contributed by atoms with E-state index in [0.717, 1.165) is 36.1 Å². The summed E-state index contributed by atoms with van der Waals surface area (Å²) in [5.41, 5.74) is 1.88. The van der Waals surface area contributed by atoms with E-state index in [1.54, 1.807) is 6.20 Å². The highest BCUT2D eigenvalue weighted by atomic mass is 15.0. The van der Waals surface area contributed by atoms with E-state index < -0.39 is 0 Å². The molecule has 2 aromatic rings. The summed E-state index contributed by atoms with van der Waals surface area (Å²) in [6, 6.07) is 7.84. The fourth-order valence-electron chi connectivity index (χ4n) is 1.95. The summed E-state index contributed by atoms with van der Waals surface area (Å²) < 4.78 is 0. The van der Waals surface area contributed by atoms with E-state index in [-0.39, 0.29) is 0 Å². The van der Waals surface area contributed by atoms with Gasteiger partial charge < -0.3 is 5.32 Å². The van der Waals surface area contributed by atoms with Crippen LogP contribution in [-0.2, 0) is 6.42 Å². The van der Waals surface area contributed by atoms with Crippen LogP contribution in [0.5, 0.6) is 0 Å². The van der Waals surface area contributed by atoms with E-state index in [0.29, 0.717) is 5.82 Å². The number of rotatable bonds is 5. The van der Waals surface area contributed by atoms with E-state index in [4.69, 9.17) is 0 Å². The van der Waals surface area contributed by atoms with Crippen molar-refractivity contribution >= 4 is 5.82 Å². The molecule has 0 unspecified atom stereocenters. The van der Waals surface area contributed by atoms with Gasteiger partial charge in [-0.1, -0.05) is 13.0 Å². The Hall–Kier alpha value is -1.97. The van der Waals surface area contributed by atoms with Crippen molar-refractivity contribution < 1.29 is 0 Å². The van der Waals surface area contributed by atoms with Gasteiger partial charge in [-0.25, -0.2) is 9.97 Å². The Kier molecular flexibility index (Phi) is 3.40. The monoisotopic (exact) mass is 254 g/mol. The van der Waals surface area contributed by atoms with Gasteiger partial charge in [0.2, 0.25) is 0 Å². The normalized spacial score (nSPS) is 14.4. The smallest absolute Gasteiger partial charge is 0.180 e. The Morgan fingerprint density at radius 1 is 1.26 bits per heavy atom. The van der Waals surface area contributed by atoms with E-state index in [9.17, 15) is 0 Å². The first-order valence-electron chi connectivity index (χ1n) is 6.88. The summed E-state index contributed by atoms with van der Waals surface area (Å²) in [7, 11) is 0. The Labute approximate surface area is 113 Å². The fourth-order valence-corrected chi connectivity index (χ4v) is 1.95. The van der Waals surface area contributed by atoms with Crippen LogP contribution < -0.4 is 5.32 Å². The Balaban J connectivity index is 1.87. The third-order valence-electron chi connectivity index (χ3n) is 3.30. The predicted molar refractivity (Wildman–Crippen MR) is 75.9 cm³/mol. The molecular formula is C15H18N4. The summed E-state index contributed by atoms with van der Waals surface area (Å²) >= 11 is 0. The van der Waals surface area contributed by atoms with E-state index in [2.05, 4.69) is 27.2 Å². The molecule has 2 aromatic heterocycles. The van der Waals surface area contributed by atoms with Crippen LogP contribution in [0.2, 0.25) is 0 Å². The van der Waals surface area contributed by atoms with E-state index in [1.165, 1.54) is 12.8 Å². The van der Waals surface area contributed by atoms with Crippen molar-refractivity contribution in [2.45, 2.75) is 26.2 Å². The van der Waals surface area contributed by atoms with Crippen molar-refractivity contribution in [1.82, 2.24) is 15.0 Å². The molecule has 2 heterocycles. The zero-order valence-corrected chi connectivity index (χ0v) is 11.1. The quantitative estimate of drug-likeness (QED) is 0.891. The number of aromatic nitrogens is 3. The lowest BCUT2D eigenvalue weighted by atomic mass is 10.2. The van der Waals surface area contributed by atoms with Crippen molar-refractivity contribution in [3.63, 3.8) is 0 Å². The highest BCUT2D eigenvalue weighted by molar-refractivity contribution is 5.52. The largest absolute Gasteiger partial charge is 0.370 e. The number of hydrogen-bond acceptors (Lipinski definition) is 4. The Bertz CT molecular complexity index is 549. The van der Waals surface area contributed by atoms with E-state index >= 15 is 0 Å². The summed E-state index contributed by atoms with van der Waals surface area (Å²) in [6.07, 6.45) is 5.35. The van der Waals surface area contributed by atoms with Gasteiger partial charge in [-0.05, 0) is 37.3 Å². The SMILES string of the molecule is CCc1cc(NCC2CC2)nc(-c2ccccn2)n1. The molecule has 1 saturated carbocycles. The van der Waals surface area contributed by atoms with Crippen LogP contribution in [0.1, 0.15) is 25.5 Å². The third kappa shape index (κ3) is 3.08. The first kappa shape index (κ1) is 12.1. The van der Waals surface area contributed by atoms with Crippen molar-refractivity contribution in [2.75, 3.05) is 11.9 Å². The number of nitrogens with zero attached hydrogens (tertiary/aromatic N) is 3. The minimum Gasteiger partial charge on any atom is -0.370 e. The molecule has 0 bridgehead atoms. The van der Waals surface area contributed by atoms with Gasteiger partial charge in [0.1, 0.15) is 11.5 Å². The van der Waals surface area contributed by atoms with Gasteiger partial charge in [-0.2, -0.15) is 0 Å². The summed E-state index contributed by atoms with van der Waals surface area (Å²) in [5.74, 6) is 2.45. The summed E-state index contributed by atoms with van der Waals surface area (Å²) in [4.78, 5) is 13.4. The van der Waals surface area contributed by atoms with Gasteiger partial charge in [-0.15, -0.1) is 0 Å². The second kappa shape index (κ2) is 5.34. The average Bonchev–Trinajstić information content (AvgIpc) is 3.30. The van der Waals surface area contributed by atoms with Crippen LogP contribution in [0.4, 0.5) is 5.82 Å². The Morgan fingerprint density at radius 2 is 2.16 bits per heavy atom. The molecule has 19 heavy (non-hydrogen) atoms. The second-order valence-corrected chi connectivity index (χ2v) is 4.96. The molecule has 1 N–H and O–H groups in total. The maximum absolute atomic E-state index is 4.57. The second-order valence-electron chi connectivity index (χ2n) is 4.96. The maximum Gasteiger partial charge on any atom is 0.180 e. The fraction of sp³-hybridized carbons (Fsp3) is 0.400. The standard InChI is InChI=1S/C15H18N4/c1-2-12-9-14(17-10-11-6-7-11)19-15(18-12)13-5-3-4-8-16-13/h3-5,8-9,11H,2,6-7,10H2,1H3,(H,17,18,19). The summed E-state index contributed by atoms with van der Waals surface area (Å²) in [6.45, 7) is 3.12. The van der Waals surface area contributed by atoms with Gasteiger partial charge in [0.05, 0.1) is 0 Å². The van der Waals surface area contributed by atoms with E-state index in [1.807, 2.05) is 24.3 Å². The highest BCUT2D eigenvalue weighted by Gasteiger charge is 2.21. The zero-order valence-electron chi connectivity index (χ0n) is 11.1. The highest BCUT2D eigenvalue weighted by Crippen LogP contribution is 2.29. The molecule has 0 amide bonds. The molecule has 4 nitrogen and oxygen atoms in total. The molecule has 1 aliphatic carbocycles. The topological polar surface area (TPSA) is 50.7 Å². The van der Waals surface area contributed by atoms with Crippen molar-refractivity contribution in [2.24, 2.45) is 5.92 Å². The molecule has 0 aromatic carbocycles. The molecule has 4 heteroatoms. The first-order valence-corrected chi connectivity index (χ1v) is 6.88. The van der Waals surface area contributed by atoms with Crippen molar-refractivity contribution in [3.05, 3.63) is 36.2 Å². The van der Waals surface area contributed by atoms with Crippen LogP contribution in [-0.4, -0.2) is 21.5 Å². The molecule has 0 atom stereocenters. The van der Waals surface area contributed by atoms with Crippen molar-refractivity contribution in [1.29, 1.82) is 0 Å². The molecule has 98 valence electrons. The molecule has 1 aliphatic rings. The maximum atomic E-state index is 4.57. The van der Waals surface area contributed by atoms with Crippen LogP contribution in [0, 0.1) is 5.92 Å². The molecule has 0 aliphatic heterocycles. The zero-order chi connectivity index (χ0) is 13.1. The lowest BCUT2D eigenvalue weighted by molar-refractivity contribution is 0.878. The number of hydrogen-bond donors (Lipinski definition) is 1. The molecule has 3 rings (SSSR count). The van der Waals surface area contributed by atoms with Gasteiger partial charge >= 0.3 is 0 Å². The van der Waals surface area contributed by atoms with Crippen LogP contribution in [0.25, 0.3) is 11.5 Å². The van der Waals surface area contributed by atoms with Gasteiger partial charge in [0.25, 0.3) is 0 Å². The van der Waals surface area contributed by atoms with Crippen LogP contribution in [0.15, 0.2) is 30.5 Å². The van der Waals surface area contributed by atoms with Crippen LogP contribution >= 0.6 is 0 Å². The van der Waals surface area contributed by atoms with Gasteiger partial charge in [-0.3, -0.25) is 4.98 Å². The minimum absolute atomic E-state index is 0.707. The summed E-state index contributed by atoms with van der Waals surface area (Å²) in [5, 5.41) is 3.41. The van der Waals surface area contributed by atoms with Gasteiger partial charge in [0.15, 0.2) is 5.82 Å². The molecule has 1 fully saturated rings. The van der Waals surface area contributed by atoms with Crippen molar-refractivity contribution in [3.8, 4) is 11.5 Å². The number of anilines is 1. The number of nitrogens with one attached hydrogen (secondary N) is 1. The molecular weight excluding hydrogens is 236 g/mol. The minimum atomic E-state index is 0.707. The predicted octanol–water partition coefficient (Wildman–Crippen LogP) is 2.92. The average molecular weight is 254 g/mol. The van der Waals surface area contributed by atoms with Gasteiger partial charge in [0, 0.05) is 24.5 Å². The first-order chi connectivity index (χ1) is 9.35. The molecule has 0 spiro atoms. The Morgan fingerprint density at radius 3 is 2.84 bits per heavy atom. The number of pyridine rings is 1. The lowest BCUT2D eigenvalue weighted by Gasteiger charge is -2.08. The van der Waals surface area contributed by atoms with Crippen LogP contribution in [0.3, 0.4) is 0 Å². The lowest BCUT2D eigenvalue weighted by Crippen LogP contribution is -2.07.